The molecule has 0 unspecified atom stereocenters. The lowest BCUT2D eigenvalue weighted by atomic mass is 10.1. The molecule has 0 aliphatic rings. The number of nitrogens with zero attached hydrogens (tertiary/aromatic N) is 1. The first-order valence-electron chi connectivity index (χ1n) is 7.62. The SMILES string of the molecule is O=C(NCc1cccc(C(F)(F)F)c1F)C(=O)Nc1c[nH]c2ccncc12. The minimum atomic E-state index is -4.86. The predicted octanol–water partition coefficient (Wildman–Crippen LogP) is 2.98. The van der Waals surface area contributed by atoms with Gasteiger partial charge in [-0.3, -0.25) is 14.6 Å². The summed E-state index contributed by atoms with van der Waals surface area (Å²) in [4.78, 5) is 30.6. The Bertz CT molecular complexity index is 1010. The zero-order valence-electron chi connectivity index (χ0n) is 13.5. The Labute approximate surface area is 149 Å². The summed E-state index contributed by atoms with van der Waals surface area (Å²) in [6.45, 7) is -0.572. The van der Waals surface area contributed by atoms with Crippen molar-refractivity contribution in [1.29, 1.82) is 0 Å². The second kappa shape index (κ2) is 7.06. The first-order chi connectivity index (χ1) is 12.8. The maximum Gasteiger partial charge on any atom is 0.419 e. The van der Waals surface area contributed by atoms with E-state index in [9.17, 15) is 27.2 Å². The number of alkyl halides is 3. The molecular weight excluding hydrogens is 368 g/mol. The van der Waals surface area contributed by atoms with Gasteiger partial charge in [-0.2, -0.15) is 13.2 Å². The fourth-order valence-corrected chi connectivity index (χ4v) is 2.44. The molecule has 0 saturated heterocycles. The molecule has 3 N–H and O–H groups in total. The number of rotatable bonds is 3. The number of aromatic nitrogens is 2. The van der Waals surface area contributed by atoms with E-state index in [-0.39, 0.29) is 5.56 Å². The summed E-state index contributed by atoms with van der Waals surface area (Å²) >= 11 is 0. The van der Waals surface area contributed by atoms with Crippen molar-refractivity contribution < 1.29 is 27.2 Å². The average Bonchev–Trinajstić information content (AvgIpc) is 3.02. The first-order valence-corrected chi connectivity index (χ1v) is 7.62. The Hall–Kier alpha value is -3.43. The number of carbonyl (C=O) groups is 2. The molecule has 2 amide bonds. The van der Waals surface area contributed by atoms with Crippen LogP contribution < -0.4 is 10.6 Å². The van der Waals surface area contributed by atoms with E-state index in [0.29, 0.717) is 22.7 Å². The molecule has 0 radical (unpaired) electrons. The number of halogens is 4. The largest absolute Gasteiger partial charge is 0.419 e. The number of hydrogen-bond acceptors (Lipinski definition) is 3. The van der Waals surface area contributed by atoms with Crippen LogP contribution in [0.3, 0.4) is 0 Å². The molecular formula is C17H12F4N4O2. The van der Waals surface area contributed by atoms with E-state index in [0.717, 1.165) is 12.1 Å². The number of amides is 2. The summed E-state index contributed by atoms with van der Waals surface area (Å²) in [7, 11) is 0. The van der Waals surface area contributed by atoms with Crippen LogP contribution in [-0.4, -0.2) is 21.8 Å². The molecule has 0 spiro atoms. The van der Waals surface area contributed by atoms with Crippen LogP contribution in [-0.2, 0) is 22.3 Å². The van der Waals surface area contributed by atoms with Crippen LogP contribution >= 0.6 is 0 Å². The molecule has 2 heterocycles. The average molecular weight is 380 g/mol. The summed E-state index contributed by atoms with van der Waals surface area (Å²) in [5.41, 5.74) is -0.831. The van der Waals surface area contributed by atoms with Crippen LogP contribution in [0.1, 0.15) is 11.1 Å². The zero-order valence-corrected chi connectivity index (χ0v) is 13.5. The highest BCUT2D eigenvalue weighted by Crippen LogP contribution is 2.32. The number of nitrogens with one attached hydrogen (secondary N) is 3. The van der Waals surface area contributed by atoms with Crippen LogP contribution in [0.2, 0.25) is 0 Å². The van der Waals surface area contributed by atoms with E-state index in [4.69, 9.17) is 0 Å². The van der Waals surface area contributed by atoms with Gasteiger partial charge in [0.15, 0.2) is 0 Å². The van der Waals surface area contributed by atoms with Gasteiger partial charge in [-0.05, 0) is 12.1 Å². The summed E-state index contributed by atoms with van der Waals surface area (Å²) < 4.78 is 52.0. The van der Waals surface area contributed by atoms with Gasteiger partial charge >= 0.3 is 18.0 Å². The number of anilines is 1. The Morgan fingerprint density at radius 3 is 2.67 bits per heavy atom. The Morgan fingerprint density at radius 2 is 1.93 bits per heavy atom. The summed E-state index contributed by atoms with van der Waals surface area (Å²) in [5.74, 6) is -3.66. The molecule has 0 aliphatic carbocycles. The number of pyridine rings is 1. The van der Waals surface area contributed by atoms with E-state index in [1.165, 1.54) is 12.4 Å². The predicted molar refractivity (Wildman–Crippen MR) is 88.0 cm³/mol. The standard InChI is InChI=1S/C17H12F4N4O2/c18-14-9(2-1-3-11(14)17(19,20)21)6-24-15(26)16(27)25-13-8-23-12-4-5-22-7-10(12)13/h1-5,7-8,23H,6H2,(H,24,26)(H,25,27). The summed E-state index contributed by atoms with van der Waals surface area (Å²) in [6, 6.07) is 4.38. The molecule has 1 aromatic carbocycles. The van der Waals surface area contributed by atoms with Gasteiger partial charge in [0.2, 0.25) is 0 Å². The molecule has 0 aliphatic heterocycles. The molecule has 3 rings (SSSR count). The van der Waals surface area contributed by atoms with Crippen LogP contribution in [0.25, 0.3) is 10.9 Å². The van der Waals surface area contributed by atoms with Crippen molar-refractivity contribution in [3.63, 3.8) is 0 Å². The summed E-state index contributed by atoms with van der Waals surface area (Å²) in [5, 5.41) is 5.02. The van der Waals surface area contributed by atoms with Gasteiger partial charge in [0.25, 0.3) is 0 Å². The lowest BCUT2D eigenvalue weighted by Gasteiger charge is -2.11. The van der Waals surface area contributed by atoms with Crippen molar-refractivity contribution in [2.75, 3.05) is 5.32 Å². The van der Waals surface area contributed by atoms with Crippen LogP contribution in [0, 0.1) is 5.82 Å². The Balaban J connectivity index is 1.67. The number of hydrogen-bond donors (Lipinski definition) is 3. The molecule has 10 heteroatoms. The molecule has 3 aromatic rings. The third kappa shape index (κ3) is 3.89. The third-order valence-electron chi connectivity index (χ3n) is 3.76. The van der Waals surface area contributed by atoms with Crippen molar-refractivity contribution in [3.8, 4) is 0 Å². The maximum atomic E-state index is 13.9. The fraction of sp³-hybridized carbons (Fsp3) is 0.118. The second-order valence-corrected chi connectivity index (χ2v) is 5.54. The van der Waals surface area contributed by atoms with E-state index in [2.05, 4.69) is 20.6 Å². The first kappa shape index (κ1) is 18.4. The van der Waals surface area contributed by atoms with Gasteiger partial charge in [0.1, 0.15) is 5.82 Å². The van der Waals surface area contributed by atoms with Crippen molar-refractivity contribution in [2.45, 2.75) is 12.7 Å². The molecule has 140 valence electrons. The van der Waals surface area contributed by atoms with Crippen molar-refractivity contribution in [3.05, 3.63) is 59.8 Å². The monoisotopic (exact) mass is 380 g/mol. The zero-order chi connectivity index (χ0) is 19.6. The van der Waals surface area contributed by atoms with E-state index >= 15 is 0 Å². The van der Waals surface area contributed by atoms with Gasteiger partial charge in [0.05, 0.1) is 16.8 Å². The number of fused-ring (bicyclic) bond motifs is 1. The second-order valence-electron chi connectivity index (χ2n) is 5.54. The van der Waals surface area contributed by atoms with Crippen molar-refractivity contribution in [1.82, 2.24) is 15.3 Å². The molecule has 0 fully saturated rings. The molecule has 0 bridgehead atoms. The van der Waals surface area contributed by atoms with Gasteiger partial charge < -0.3 is 15.6 Å². The Kier molecular flexibility index (Phi) is 4.80. The molecule has 6 nitrogen and oxygen atoms in total. The highest BCUT2D eigenvalue weighted by Gasteiger charge is 2.34. The van der Waals surface area contributed by atoms with Gasteiger partial charge in [0, 0.05) is 36.1 Å². The molecule has 0 saturated carbocycles. The normalized spacial score (nSPS) is 11.4. The quantitative estimate of drug-likeness (QED) is 0.482. The van der Waals surface area contributed by atoms with Crippen LogP contribution in [0.15, 0.2) is 42.9 Å². The minimum Gasteiger partial charge on any atom is -0.359 e. The molecule has 2 aromatic heterocycles. The maximum absolute atomic E-state index is 13.9. The smallest absolute Gasteiger partial charge is 0.359 e. The van der Waals surface area contributed by atoms with Crippen molar-refractivity contribution in [2.24, 2.45) is 0 Å². The number of carbonyl (C=O) groups excluding carboxylic acids is 2. The van der Waals surface area contributed by atoms with Crippen LogP contribution in [0.4, 0.5) is 23.2 Å². The van der Waals surface area contributed by atoms with E-state index in [1.807, 2.05) is 0 Å². The van der Waals surface area contributed by atoms with Crippen LogP contribution in [0.5, 0.6) is 0 Å². The third-order valence-corrected chi connectivity index (χ3v) is 3.76. The molecule has 0 atom stereocenters. The topological polar surface area (TPSA) is 86.9 Å². The highest BCUT2D eigenvalue weighted by molar-refractivity contribution is 6.40. The number of H-pyrrole nitrogens is 1. The lowest BCUT2D eigenvalue weighted by Crippen LogP contribution is -2.35. The Morgan fingerprint density at radius 1 is 1.15 bits per heavy atom. The number of benzene rings is 1. The fourth-order valence-electron chi connectivity index (χ4n) is 2.44. The number of aromatic amines is 1. The summed E-state index contributed by atoms with van der Waals surface area (Å²) in [6.07, 6.45) is -0.368. The minimum absolute atomic E-state index is 0.309. The van der Waals surface area contributed by atoms with Gasteiger partial charge in [-0.1, -0.05) is 12.1 Å². The highest BCUT2D eigenvalue weighted by atomic mass is 19.4. The van der Waals surface area contributed by atoms with Gasteiger partial charge in [-0.25, -0.2) is 4.39 Å². The van der Waals surface area contributed by atoms with Gasteiger partial charge in [-0.15, -0.1) is 0 Å². The van der Waals surface area contributed by atoms with Crippen molar-refractivity contribution >= 4 is 28.4 Å². The molecule has 27 heavy (non-hydrogen) atoms. The van der Waals surface area contributed by atoms with E-state index in [1.54, 1.807) is 12.3 Å². The lowest BCUT2D eigenvalue weighted by molar-refractivity contribution is -0.140. The van der Waals surface area contributed by atoms with E-state index < -0.39 is 35.9 Å².